The summed E-state index contributed by atoms with van der Waals surface area (Å²) in [6.45, 7) is 17.1. The Bertz CT molecular complexity index is 388. The maximum atomic E-state index is 10.5. The SMILES string of the molecule is CC1=[C-]C(C)C(C)=C1C.CCCCC(CC)C([NH-])=O.C[SiH]C.[Cl-].[Cl-].[Hf+4]. The van der Waals surface area contributed by atoms with Crippen molar-refractivity contribution in [3.8, 4) is 0 Å². The fraction of sp³-hybridized carbons (Fsp3) is 0.737. The van der Waals surface area contributed by atoms with Crippen LogP contribution in [0.25, 0.3) is 5.73 Å². The Labute approximate surface area is 190 Å². The molecule has 0 saturated heterocycles. The monoisotopic (exact) mass is 572 g/mol. The van der Waals surface area contributed by atoms with Crippen LogP contribution in [0.4, 0.5) is 0 Å². The number of carbonyl (C=O) groups is 1. The number of amides is 1. The summed E-state index contributed by atoms with van der Waals surface area (Å²) >= 11 is 0. The van der Waals surface area contributed by atoms with E-state index in [0.717, 1.165) is 35.2 Å². The first-order valence-electron chi connectivity index (χ1n) is 8.53. The summed E-state index contributed by atoms with van der Waals surface area (Å²) in [4.78, 5) is 10.5. The zero-order chi connectivity index (χ0) is 17.7. The molecule has 0 aliphatic heterocycles. The van der Waals surface area contributed by atoms with Crippen LogP contribution in [0.2, 0.25) is 13.1 Å². The molecule has 1 aliphatic rings. The Hall–Kier alpha value is 0.617. The molecule has 25 heavy (non-hydrogen) atoms. The van der Waals surface area contributed by atoms with E-state index in [-0.39, 0.29) is 56.6 Å². The fourth-order valence-corrected chi connectivity index (χ4v) is 2.13. The van der Waals surface area contributed by atoms with Gasteiger partial charge in [-0.1, -0.05) is 66.5 Å². The van der Waals surface area contributed by atoms with Gasteiger partial charge < -0.3 is 35.3 Å². The Balaban J connectivity index is -0.0000000836. The van der Waals surface area contributed by atoms with Crippen molar-refractivity contribution >= 4 is 15.4 Å². The van der Waals surface area contributed by atoms with Crippen LogP contribution >= 0.6 is 0 Å². The van der Waals surface area contributed by atoms with Crippen molar-refractivity contribution in [2.24, 2.45) is 11.8 Å². The van der Waals surface area contributed by atoms with Crippen LogP contribution in [0.5, 0.6) is 0 Å². The van der Waals surface area contributed by atoms with E-state index in [9.17, 15) is 4.79 Å². The molecular weight excluding hydrogens is 536 g/mol. The van der Waals surface area contributed by atoms with Crippen LogP contribution in [0.1, 0.15) is 67.2 Å². The van der Waals surface area contributed by atoms with Gasteiger partial charge in [-0.3, -0.25) is 6.08 Å². The molecule has 1 rings (SSSR count). The van der Waals surface area contributed by atoms with E-state index in [1.807, 2.05) is 6.92 Å². The minimum absolute atomic E-state index is 0. The number of allylic oxidation sites excluding steroid dienone is 4. The molecule has 0 spiro atoms. The van der Waals surface area contributed by atoms with Gasteiger partial charge in [0.25, 0.3) is 0 Å². The topological polar surface area (TPSA) is 40.9 Å². The molecule has 0 bridgehead atoms. The van der Waals surface area contributed by atoms with E-state index in [2.05, 4.69) is 53.8 Å². The van der Waals surface area contributed by atoms with Crippen molar-refractivity contribution in [3.05, 3.63) is 28.5 Å². The summed E-state index contributed by atoms with van der Waals surface area (Å²) in [6, 6.07) is 0. The summed E-state index contributed by atoms with van der Waals surface area (Å²) in [5.41, 5.74) is 11.1. The second-order valence-corrected chi connectivity index (χ2v) is 7.14. The average Bonchev–Trinajstić information content (AvgIpc) is 2.67. The summed E-state index contributed by atoms with van der Waals surface area (Å²) < 4.78 is 0. The van der Waals surface area contributed by atoms with Crippen LogP contribution in [0.3, 0.4) is 0 Å². The van der Waals surface area contributed by atoms with Gasteiger partial charge in [0.2, 0.25) is 0 Å². The van der Waals surface area contributed by atoms with Gasteiger partial charge in [-0.15, -0.1) is 6.92 Å². The summed E-state index contributed by atoms with van der Waals surface area (Å²) in [6.07, 6.45) is 7.27. The first kappa shape index (κ1) is 36.5. The molecular formula is C19H36Cl2HfNOSi. The predicted octanol–water partition coefficient (Wildman–Crippen LogP) is 0.0282. The van der Waals surface area contributed by atoms with E-state index >= 15 is 0 Å². The molecule has 2 unspecified atom stereocenters. The van der Waals surface area contributed by atoms with Gasteiger partial charge in [-0.2, -0.15) is 11.1 Å². The minimum Gasteiger partial charge on any atom is -1.00 e. The number of carbonyl (C=O) groups excluding carboxylic acids is 1. The van der Waals surface area contributed by atoms with Crippen molar-refractivity contribution in [3.63, 3.8) is 0 Å². The molecule has 2 nitrogen and oxygen atoms in total. The van der Waals surface area contributed by atoms with Crippen LogP contribution in [-0.4, -0.2) is 15.4 Å². The Morgan fingerprint density at radius 2 is 1.64 bits per heavy atom. The van der Waals surface area contributed by atoms with Crippen LogP contribution in [0, 0.1) is 17.9 Å². The smallest absolute Gasteiger partial charge is 1.00 e. The molecule has 2 atom stereocenters. The first-order chi connectivity index (χ1) is 10.3. The molecule has 1 amide bonds. The van der Waals surface area contributed by atoms with Crippen LogP contribution < -0.4 is 24.8 Å². The Morgan fingerprint density at radius 1 is 1.20 bits per heavy atom. The third-order valence-corrected chi connectivity index (χ3v) is 4.01. The molecule has 0 aromatic heterocycles. The van der Waals surface area contributed by atoms with Crippen LogP contribution in [0.15, 0.2) is 16.7 Å². The van der Waals surface area contributed by atoms with E-state index in [0.29, 0.717) is 5.92 Å². The van der Waals surface area contributed by atoms with Gasteiger partial charge in [0, 0.05) is 9.52 Å². The van der Waals surface area contributed by atoms with Crippen molar-refractivity contribution in [2.45, 2.75) is 80.3 Å². The second kappa shape index (κ2) is 22.7. The number of unbranched alkanes of at least 4 members (excludes halogenated alkanes) is 1. The van der Waals surface area contributed by atoms with Gasteiger partial charge in [-0.25, -0.2) is 5.57 Å². The molecule has 1 N–H and O–H groups in total. The van der Waals surface area contributed by atoms with Crippen molar-refractivity contribution < 1.29 is 55.5 Å². The quantitative estimate of drug-likeness (QED) is 0.339. The molecule has 0 saturated carbocycles. The number of hydrogen-bond acceptors (Lipinski definition) is 1. The first-order valence-corrected chi connectivity index (χ1v) is 10.8. The van der Waals surface area contributed by atoms with E-state index in [4.69, 9.17) is 5.73 Å². The fourth-order valence-electron chi connectivity index (χ4n) is 2.13. The molecule has 1 radical (unpaired) electrons. The maximum absolute atomic E-state index is 10.5. The van der Waals surface area contributed by atoms with Crippen molar-refractivity contribution in [2.75, 3.05) is 0 Å². The number of halogens is 2. The normalized spacial score (nSPS) is 15.7. The number of hydrogen-bond donors (Lipinski definition) is 0. The molecule has 0 fully saturated rings. The average molecular weight is 572 g/mol. The largest absolute Gasteiger partial charge is 4.00 e. The minimum atomic E-state index is -0.393. The molecule has 0 heterocycles. The van der Waals surface area contributed by atoms with Gasteiger partial charge in [0.05, 0.1) is 5.91 Å². The van der Waals surface area contributed by atoms with Crippen molar-refractivity contribution in [1.29, 1.82) is 0 Å². The van der Waals surface area contributed by atoms with Gasteiger partial charge in [0.1, 0.15) is 0 Å². The maximum Gasteiger partial charge on any atom is 4.00 e. The zero-order valence-electron chi connectivity index (χ0n) is 17.2. The third kappa shape index (κ3) is 17.8. The number of nitrogens with one attached hydrogen (secondary N) is 1. The van der Waals surface area contributed by atoms with Gasteiger partial charge in [0.15, 0.2) is 0 Å². The zero-order valence-corrected chi connectivity index (χ0v) is 23.5. The van der Waals surface area contributed by atoms with E-state index < -0.39 is 5.91 Å². The number of rotatable bonds is 5. The molecule has 0 aromatic carbocycles. The molecule has 145 valence electrons. The summed E-state index contributed by atoms with van der Waals surface area (Å²) in [7, 11) is 0.750. The summed E-state index contributed by atoms with van der Waals surface area (Å²) in [5, 5.41) is 0. The summed E-state index contributed by atoms with van der Waals surface area (Å²) in [5.74, 6) is 0.167. The van der Waals surface area contributed by atoms with E-state index in [1.165, 1.54) is 16.7 Å². The Kier molecular flexibility index (Phi) is 33.1. The van der Waals surface area contributed by atoms with Gasteiger partial charge >= 0.3 is 25.8 Å². The van der Waals surface area contributed by atoms with Crippen LogP contribution in [-0.2, 0) is 30.6 Å². The van der Waals surface area contributed by atoms with E-state index in [1.54, 1.807) is 0 Å². The van der Waals surface area contributed by atoms with Crippen molar-refractivity contribution in [1.82, 2.24) is 0 Å². The second-order valence-electron chi connectivity index (χ2n) is 5.99. The standard InChI is InChI=1S/C9H13.C8H17NO.C2H7Si.2ClH.Hf/c1-6-5-7(2)9(4)8(6)3;1-3-5-6-7(4-2)8(9)10;1-3-2;;;/h6H,1-4H3;7H,3-6H2,1-2H3,(H2,9,10);3H,1-2H3;2*1H;/q-1;;;;;+4/p-3. The predicted molar refractivity (Wildman–Crippen MR) is 101 cm³/mol. The molecule has 6 heteroatoms. The van der Waals surface area contributed by atoms with Gasteiger partial charge in [-0.05, 0) is 18.8 Å². The third-order valence-electron chi connectivity index (χ3n) is 4.01. The molecule has 1 aliphatic carbocycles. The Morgan fingerprint density at radius 3 is 1.80 bits per heavy atom. The molecule has 0 aromatic rings.